The molecule has 1 N–H and O–H groups in total. The molecule has 118 valence electrons. The van der Waals surface area contributed by atoms with Crippen LogP contribution in [0.3, 0.4) is 0 Å². The number of hydrogen-bond donors (Lipinski definition) is 1. The molecule has 2 aromatic carbocycles. The van der Waals surface area contributed by atoms with Crippen LogP contribution in [0.2, 0.25) is 0 Å². The fourth-order valence-corrected chi connectivity index (χ4v) is 3.33. The average Bonchev–Trinajstić information content (AvgIpc) is 3.09. The summed E-state index contributed by atoms with van der Waals surface area (Å²) >= 11 is 0. The molecule has 1 heterocycles. The maximum atomic E-state index is 12.2. The van der Waals surface area contributed by atoms with Crippen LogP contribution in [-0.2, 0) is 16.4 Å². The van der Waals surface area contributed by atoms with Gasteiger partial charge in [0.15, 0.2) is 0 Å². The Morgan fingerprint density at radius 2 is 1.70 bits per heavy atom. The van der Waals surface area contributed by atoms with Gasteiger partial charge in [-0.05, 0) is 42.3 Å². The summed E-state index contributed by atoms with van der Waals surface area (Å²) in [5.41, 5.74) is 2.43. The summed E-state index contributed by atoms with van der Waals surface area (Å²) in [5, 5.41) is 4.13. The van der Waals surface area contributed by atoms with Gasteiger partial charge in [0.25, 0.3) is 0 Å². The molecule has 23 heavy (non-hydrogen) atoms. The molecule has 0 amide bonds. The Morgan fingerprint density at radius 3 is 2.35 bits per heavy atom. The zero-order valence-corrected chi connectivity index (χ0v) is 13.3. The van der Waals surface area contributed by atoms with Gasteiger partial charge < -0.3 is 0 Å². The number of hydrogen-bond acceptors (Lipinski definition) is 3. The highest BCUT2D eigenvalue weighted by Crippen LogP contribution is 2.14. The molecule has 0 radical (unpaired) electrons. The highest BCUT2D eigenvalue weighted by atomic mass is 32.2. The topological polar surface area (TPSA) is 64.0 Å². The first-order valence-corrected chi connectivity index (χ1v) is 8.92. The number of aromatic nitrogens is 2. The van der Waals surface area contributed by atoms with Gasteiger partial charge in [-0.2, -0.15) is 5.10 Å². The second-order valence-corrected chi connectivity index (χ2v) is 7.00. The predicted octanol–water partition coefficient (Wildman–Crippen LogP) is 2.86. The summed E-state index contributed by atoms with van der Waals surface area (Å²) in [5.74, 6) is 0.0535. The molecule has 0 aliphatic heterocycles. The number of nitrogens with zero attached hydrogens (tertiary/aromatic N) is 2. The fourth-order valence-electron chi connectivity index (χ4n) is 2.23. The van der Waals surface area contributed by atoms with Gasteiger partial charge in [-0.25, -0.2) is 13.1 Å². The van der Waals surface area contributed by atoms with E-state index in [-0.39, 0.29) is 5.75 Å². The minimum atomic E-state index is -3.37. The van der Waals surface area contributed by atoms with E-state index >= 15 is 0 Å². The Kier molecular flexibility index (Phi) is 4.43. The molecule has 0 unspecified atom stereocenters. The maximum Gasteiger partial charge on any atom is 0.233 e. The van der Waals surface area contributed by atoms with Crippen LogP contribution < -0.4 is 4.72 Å². The number of rotatable bonds is 6. The summed E-state index contributed by atoms with van der Waals surface area (Å²) in [7, 11) is -3.37. The number of nitrogens with one attached hydrogen (secondary N) is 1. The van der Waals surface area contributed by atoms with Crippen molar-refractivity contribution in [1.29, 1.82) is 0 Å². The first kappa shape index (κ1) is 15.3. The monoisotopic (exact) mass is 327 g/mol. The lowest BCUT2D eigenvalue weighted by Gasteiger charge is -2.09. The van der Waals surface area contributed by atoms with Crippen molar-refractivity contribution in [3.8, 4) is 5.69 Å². The minimum Gasteiger partial charge on any atom is -0.284 e. The molecule has 5 nitrogen and oxygen atoms in total. The van der Waals surface area contributed by atoms with E-state index in [1.807, 2.05) is 54.7 Å². The third kappa shape index (κ3) is 4.20. The van der Waals surface area contributed by atoms with Gasteiger partial charge in [-0.15, -0.1) is 0 Å². The smallest absolute Gasteiger partial charge is 0.233 e. The maximum absolute atomic E-state index is 12.2. The van der Waals surface area contributed by atoms with Crippen LogP contribution >= 0.6 is 0 Å². The molecule has 0 spiro atoms. The van der Waals surface area contributed by atoms with E-state index < -0.39 is 10.0 Å². The van der Waals surface area contributed by atoms with Crippen LogP contribution in [0.1, 0.15) is 5.56 Å². The standard InChI is InChI=1S/C17H17N3O2S/c21-23(22,14-11-15-5-2-1-3-6-15)19-16-7-9-17(10-8-16)20-13-4-12-18-20/h1-10,12-13,19H,11,14H2. The van der Waals surface area contributed by atoms with E-state index in [1.165, 1.54) is 0 Å². The van der Waals surface area contributed by atoms with Crippen molar-refractivity contribution in [2.45, 2.75) is 6.42 Å². The first-order valence-electron chi connectivity index (χ1n) is 7.27. The zero-order valence-electron chi connectivity index (χ0n) is 12.5. The van der Waals surface area contributed by atoms with Crippen molar-refractivity contribution >= 4 is 15.7 Å². The van der Waals surface area contributed by atoms with Crippen molar-refractivity contribution in [2.75, 3.05) is 10.5 Å². The molecule has 6 heteroatoms. The van der Waals surface area contributed by atoms with Crippen LogP contribution in [-0.4, -0.2) is 24.0 Å². The minimum absolute atomic E-state index is 0.0535. The molecule has 0 saturated heterocycles. The molecule has 1 aromatic heterocycles. The third-order valence-electron chi connectivity index (χ3n) is 3.41. The second kappa shape index (κ2) is 6.66. The number of sulfonamides is 1. The molecule has 0 saturated carbocycles. The Hall–Kier alpha value is -2.60. The number of aryl methyl sites for hydroxylation is 1. The Morgan fingerprint density at radius 1 is 0.957 bits per heavy atom. The summed E-state index contributed by atoms with van der Waals surface area (Å²) in [6, 6.07) is 18.5. The van der Waals surface area contributed by atoms with E-state index in [0.29, 0.717) is 12.1 Å². The van der Waals surface area contributed by atoms with Crippen LogP contribution in [0.5, 0.6) is 0 Å². The largest absolute Gasteiger partial charge is 0.284 e. The SMILES string of the molecule is O=S(=O)(CCc1ccccc1)Nc1ccc(-n2cccn2)cc1. The Balaban J connectivity index is 1.63. The van der Waals surface area contributed by atoms with Crippen LogP contribution in [0.25, 0.3) is 5.69 Å². The van der Waals surface area contributed by atoms with Gasteiger partial charge in [0.1, 0.15) is 0 Å². The molecule has 3 rings (SSSR count). The van der Waals surface area contributed by atoms with Gasteiger partial charge >= 0.3 is 0 Å². The normalized spacial score (nSPS) is 11.3. The zero-order chi connectivity index (χ0) is 16.1. The molecule has 0 bridgehead atoms. The molecule has 0 aliphatic carbocycles. The average molecular weight is 327 g/mol. The summed E-state index contributed by atoms with van der Waals surface area (Å²) in [6.07, 6.45) is 4.01. The summed E-state index contributed by atoms with van der Waals surface area (Å²) in [6.45, 7) is 0. The molecular weight excluding hydrogens is 310 g/mol. The van der Waals surface area contributed by atoms with Crippen molar-refractivity contribution in [3.63, 3.8) is 0 Å². The van der Waals surface area contributed by atoms with Gasteiger partial charge in [-0.1, -0.05) is 30.3 Å². The van der Waals surface area contributed by atoms with Crippen molar-refractivity contribution in [2.24, 2.45) is 0 Å². The highest BCUT2D eigenvalue weighted by molar-refractivity contribution is 7.92. The number of anilines is 1. The lowest BCUT2D eigenvalue weighted by atomic mass is 10.2. The van der Waals surface area contributed by atoms with Crippen LogP contribution in [0, 0.1) is 0 Å². The number of benzene rings is 2. The predicted molar refractivity (Wildman–Crippen MR) is 91.1 cm³/mol. The molecule has 3 aromatic rings. The highest BCUT2D eigenvalue weighted by Gasteiger charge is 2.10. The molecule has 0 aliphatic rings. The molecular formula is C17H17N3O2S. The van der Waals surface area contributed by atoms with Gasteiger partial charge in [0.05, 0.1) is 11.4 Å². The van der Waals surface area contributed by atoms with E-state index in [1.54, 1.807) is 23.0 Å². The lowest BCUT2D eigenvalue weighted by molar-refractivity contribution is 0.600. The van der Waals surface area contributed by atoms with Crippen LogP contribution in [0.15, 0.2) is 73.1 Å². The molecule has 0 fully saturated rings. The Bertz CT molecular complexity index is 843. The van der Waals surface area contributed by atoms with Crippen LogP contribution in [0.4, 0.5) is 5.69 Å². The first-order chi connectivity index (χ1) is 11.1. The van der Waals surface area contributed by atoms with Gasteiger partial charge in [-0.3, -0.25) is 4.72 Å². The summed E-state index contributed by atoms with van der Waals surface area (Å²) in [4.78, 5) is 0. The quantitative estimate of drug-likeness (QED) is 0.757. The van der Waals surface area contributed by atoms with E-state index in [9.17, 15) is 8.42 Å². The van der Waals surface area contributed by atoms with E-state index in [4.69, 9.17) is 0 Å². The van der Waals surface area contributed by atoms with Crippen molar-refractivity contribution < 1.29 is 8.42 Å². The second-order valence-electron chi connectivity index (χ2n) is 5.15. The summed E-state index contributed by atoms with van der Waals surface area (Å²) < 4.78 is 28.6. The van der Waals surface area contributed by atoms with Crippen molar-refractivity contribution in [3.05, 3.63) is 78.6 Å². The van der Waals surface area contributed by atoms with E-state index in [0.717, 1.165) is 11.3 Å². The molecule has 0 atom stereocenters. The van der Waals surface area contributed by atoms with Crippen molar-refractivity contribution in [1.82, 2.24) is 9.78 Å². The van der Waals surface area contributed by atoms with E-state index in [2.05, 4.69) is 9.82 Å². The third-order valence-corrected chi connectivity index (χ3v) is 4.70. The Labute approximate surface area is 135 Å². The lowest BCUT2D eigenvalue weighted by Crippen LogP contribution is -2.18. The van der Waals surface area contributed by atoms with Gasteiger partial charge in [0.2, 0.25) is 10.0 Å². The van der Waals surface area contributed by atoms with Gasteiger partial charge in [0, 0.05) is 18.1 Å². The fraction of sp³-hybridized carbons (Fsp3) is 0.118.